The molecule has 2 N–H and O–H groups in total. The van der Waals surface area contributed by atoms with Gasteiger partial charge in [0.15, 0.2) is 0 Å². The molecule has 3 nitrogen and oxygen atoms in total. The van der Waals surface area contributed by atoms with Gasteiger partial charge in [-0.25, -0.2) is 0 Å². The van der Waals surface area contributed by atoms with Crippen molar-refractivity contribution in [2.75, 3.05) is 0 Å². The van der Waals surface area contributed by atoms with Crippen molar-refractivity contribution in [3.8, 4) is 0 Å². The van der Waals surface area contributed by atoms with Gasteiger partial charge in [-0.05, 0) is 12.3 Å². The third-order valence-corrected chi connectivity index (χ3v) is 2.74. The van der Waals surface area contributed by atoms with Crippen LogP contribution in [0.15, 0.2) is 0 Å². The molecule has 1 aliphatic rings. The van der Waals surface area contributed by atoms with Crippen LogP contribution in [0, 0.1) is 5.92 Å². The molecule has 0 aromatic rings. The van der Waals surface area contributed by atoms with Crippen LogP contribution in [0.5, 0.6) is 0 Å². The molecule has 1 rings (SSSR count). The monoisotopic (exact) mass is 186 g/mol. The summed E-state index contributed by atoms with van der Waals surface area (Å²) in [5, 5.41) is 17.8. The Bertz CT molecular complexity index is 162. The topological polar surface area (TPSA) is 57.5 Å². The number of aliphatic hydroxyl groups excluding tert-OH is 1. The quantitative estimate of drug-likeness (QED) is 0.703. The van der Waals surface area contributed by atoms with Gasteiger partial charge in [0, 0.05) is 0 Å². The Morgan fingerprint density at radius 1 is 1.31 bits per heavy atom. The third-order valence-electron chi connectivity index (χ3n) is 2.74. The molecule has 0 spiro atoms. The minimum Gasteiger partial charge on any atom is -0.481 e. The highest BCUT2D eigenvalue weighted by Gasteiger charge is 2.18. The number of carboxylic acid groups (broad SMARTS) is 1. The van der Waals surface area contributed by atoms with Gasteiger partial charge in [-0.15, -0.1) is 0 Å². The lowest BCUT2D eigenvalue weighted by atomic mass is 9.85. The van der Waals surface area contributed by atoms with E-state index < -0.39 is 12.1 Å². The van der Waals surface area contributed by atoms with E-state index in [4.69, 9.17) is 5.11 Å². The zero-order valence-electron chi connectivity index (χ0n) is 7.91. The van der Waals surface area contributed by atoms with Crippen molar-refractivity contribution in [2.24, 2.45) is 5.92 Å². The average molecular weight is 186 g/mol. The summed E-state index contributed by atoms with van der Waals surface area (Å²) in [4.78, 5) is 10.3. The van der Waals surface area contributed by atoms with Crippen molar-refractivity contribution >= 4 is 5.97 Å². The van der Waals surface area contributed by atoms with Gasteiger partial charge >= 0.3 is 5.97 Å². The Morgan fingerprint density at radius 3 is 2.46 bits per heavy atom. The fourth-order valence-corrected chi connectivity index (χ4v) is 2.09. The summed E-state index contributed by atoms with van der Waals surface area (Å²) in [5.41, 5.74) is 0. The molecular formula is C10H18O3. The highest BCUT2D eigenvalue weighted by Crippen LogP contribution is 2.27. The molecule has 0 amide bonds. The number of hydrogen-bond acceptors (Lipinski definition) is 2. The van der Waals surface area contributed by atoms with Crippen LogP contribution < -0.4 is 0 Å². The van der Waals surface area contributed by atoms with Gasteiger partial charge in [0.1, 0.15) is 0 Å². The molecule has 0 aromatic carbocycles. The fourth-order valence-electron chi connectivity index (χ4n) is 2.09. The van der Waals surface area contributed by atoms with Crippen molar-refractivity contribution in [2.45, 2.75) is 51.0 Å². The van der Waals surface area contributed by atoms with Crippen molar-refractivity contribution in [3.05, 3.63) is 0 Å². The van der Waals surface area contributed by atoms with Crippen LogP contribution in [0.25, 0.3) is 0 Å². The maximum absolute atomic E-state index is 10.3. The molecule has 1 atom stereocenters. The molecule has 13 heavy (non-hydrogen) atoms. The summed E-state index contributed by atoms with van der Waals surface area (Å²) in [7, 11) is 0. The molecular weight excluding hydrogens is 168 g/mol. The summed E-state index contributed by atoms with van der Waals surface area (Å²) in [5.74, 6) is -0.341. The predicted octanol–water partition coefficient (Wildman–Crippen LogP) is 1.79. The van der Waals surface area contributed by atoms with Crippen molar-refractivity contribution in [1.29, 1.82) is 0 Å². The number of carboxylic acids is 1. The van der Waals surface area contributed by atoms with Crippen LogP contribution in [0.1, 0.15) is 44.9 Å². The number of hydrogen-bond donors (Lipinski definition) is 2. The van der Waals surface area contributed by atoms with Gasteiger partial charge in [0.25, 0.3) is 0 Å². The van der Waals surface area contributed by atoms with Gasteiger partial charge in [-0.2, -0.15) is 0 Å². The summed E-state index contributed by atoms with van der Waals surface area (Å²) in [6.45, 7) is 0. The molecule has 1 fully saturated rings. The Balaban J connectivity index is 2.18. The number of carbonyl (C=O) groups is 1. The first-order valence-electron chi connectivity index (χ1n) is 5.08. The van der Waals surface area contributed by atoms with Gasteiger partial charge in [0.2, 0.25) is 0 Å². The number of rotatable bonds is 4. The summed E-state index contributed by atoms with van der Waals surface area (Å²) >= 11 is 0. The normalized spacial score (nSPS) is 21.3. The van der Waals surface area contributed by atoms with E-state index >= 15 is 0 Å². The van der Waals surface area contributed by atoms with Crippen molar-refractivity contribution in [3.63, 3.8) is 0 Å². The van der Waals surface area contributed by atoms with Crippen LogP contribution in [-0.2, 0) is 4.79 Å². The van der Waals surface area contributed by atoms with E-state index in [0.29, 0.717) is 12.3 Å². The lowest BCUT2D eigenvalue weighted by molar-refractivity contribution is -0.139. The average Bonchev–Trinajstić information content (AvgIpc) is 2.04. The second-order valence-corrected chi connectivity index (χ2v) is 3.99. The molecule has 3 heteroatoms. The first-order chi connectivity index (χ1) is 6.18. The standard InChI is InChI=1S/C10H18O3/c11-9(7-10(12)13)6-8-4-2-1-3-5-8/h8-9,11H,1-7H2,(H,12,13)/t9-/m1/s1. The highest BCUT2D eigenvalue weighted by molar-refractivity contribution is 5.67. The van der Waals surface area contributed by atoms with E-state index in [9.17, 15) is 9.90 Å². The zero-order valence-corrected chi connectivity index (χ0v) is 7.91. The van der Waals surface area contributed by atoms with E-state index in [1.165, 1.54) is 19.3 Å². The lowest BCUT2D eigenvalue weighted by Gasteiger charge is -2.23. The summed E-state index contributed by atoms with van der Waals surface area (Å²) in [6.07, 6.45) is 6.04. The molecule has 0 radical (unpaired) electrons. The van der Waals surface area contributed by atoms with Crippen molar-refractivity contribution in [1.82, 2.24) is 0 Å². The van der Waals surface area contributed by atoms with Gasteiger partial charge in [-0.1, -0.05) is 32.1 Å². The molecule has 0 saturated heterocycles. The van der Waals surface area contributed by atoms with Crippen LogP contribution in [0.2, 0.25) is 0 Å². The molecule has 0 aliphatic heterocycles. The fraction of sp³-hybridized carbons (Fsp3) is 0.900. The highest BCUT2D eigenvalue weighted by atomic mass is 16.4. The predicted molar refractivity (Wildman–Crippen MR) is 49.5 cm³/mol. The first kappa shape index (κ1) is 10.5. The largest absolute Gasteiger partial charge is 0.481 e. The lowest BCUT2D eigenvalue weighted by Crippen LogP contribution is -2.19. The van der Waals surface area contributed by atoms with E-state index in [1.807, 2.05) is 0 Å². The van der Waals surface area contributed by atoms with Gasteiger partial charge < -0.3 is 10.2 Å². The Kier molecular flexibility index (Phi) is 4.22. The van der Waals surface area contributed by atoms with E-state index in [1.54, 1.807) is 0 Å². The van der Waals surface area contributed by atoms with Crippen LogP contribution >= 0.6 is 0 Å². The second kappa shape index (κ2) is 5.22. The minimum atomic E-state index is -0.900. The molecule has 76 valence electrons. The van der Waals surface area contributed by atoms with Gasteiger partial charge in [0.05, 0.1) is 12.5 Å². The number of aliphatic hydroxyl groups is 1. The molecule has 1 saturated carbocycles. The minimum absolute atomic E-state index is 0.101. The van der Waals surface area contributed by atoms with E-state index in [-0.39, 0.29) is 6.42 Å². The van der Waals surface area contributed by atoms with Crippen LogP contribution in [-0.4, -0.2) is 22.3 Å². The molecule has 0 unspecified atom stereocenters. The number of aliphatic carboxylic acids is 1. The third kappa shape index (κ3) is 4.27. The molecule has 0 bridgehead atoms. The Morgan fingerprint density at radius 2 is 1.92 bits per heavy atom. The molecule has 1 aliphatic carbocycles. The Hall–Kier alpha value is -0.570. The first-order valence-corrected chi connectivity index (χ1v) is 5.08. The van der Waals surface area contributed by atoms with Crippen molar-refractivity contribution < 1.29 is 15.0 Å². The summed E-state index contributed by atoms with van der Waals surface area (Å²) < 4.78 is 0. The SMILES string of the molecule is O=C(O)C[C@H](O)CC1CCCCC1. The maximum Gasteiger partial charge on any atom is 0.305 e. The summed E-state index contributed by atoms with van der Waals surface area (Å²) in [6, 6.07) is 0. The van der Waals surface area contributed by atoms with Crippen LogP contribution in [0.4, 0.5) is 0 Å². The second-order valence-electron chi connectivity index (χ2n) is 3.99. The molecule has 0 heterocycles. The van der Waals surface area contributed by atoms with E-state index in [2.05, 4.69) is 0 Å². The zero-order chi connectivity index (χ0) is 9.68. The smallest absolute Gasteiger partial charge is 0.305 e. The van der Waals surface area contributed by atoms with Crippen LogP contribution in [0.3, 0.4) is 0 Å². The van der Waals surface area contributed by atoms with Gasteiger partial charge in [-0.3, -0.25) is 4.79 Å². The maximum atomic E-state index is 10.3. The Labute approximate surface area is 78.8 Å². The van der Waals surface area contributed by atoms with E-state index in [0.717, 1.165) is 12.8 Å². The molecule has 0 aromatic heterocycles.